The smallest absolute Gasteiger partial charge is 0.230 e. The predicted octanol–water partition coefficient (Wildman–Crippen LogP) is 3.28. The molecule has 0 aliphatic rings. The topological polar surface area (TPSA) is 53.9 Å². The zero-order chi connectivity index (χ0) is 14.5. The van der Waals surface area contributed by atoms with Crippen molar-refractivity contribution in [1.29, 1.82) is 0 Å². The van der Waals surface area contributed by atoms with Gasteiger partial charge in [0.15, 0.2) is 5.16 Å². The molecule has 1 N–H and O–H groups in total. The highest BCUT2D eigenvalue weighted by molar-refractivity contribution is 9.10. The lowest BCUT2D eigenvalue weighted by Crippen LogP contribution is -2.15. The molecule has 1 aromatic carbocycles. The van der Waals surface area contributed by atoms with Gasteiger partial charge >= 0.3 is 0 Å². The number of benzene rings is 1. The standard InChI is InChI=1S/C13H16BrN5S/c1-4-15-11-16-12(19(2)3)18-13(17-11)20-10-7-5-6-9(14)8-10/h5-8H,4H2,1-3H3,(H,15,16,17,18). The van der Waals surface area contributed by atoms with Crippen molar-refractivity contribution in [2.75, 3.05) is 30.9 Å². The molecule has 2 aromatic rings. The molecule has 0 amide bonds. The van der Waals surface area contributed by atoms with Gasteiger partial charge in [0, 0.05) is 30.0 Å². The van der Waals surface area contributed by atoms with Gasteiger partial charge in [-0.2, -0.15) is 15.0 Å². The van der Waals surface area contributed by atoms with Crippen LogP contribution in [0.3, 0.4) is 0 Å². The van der Waals surface area contributed by atoms with E-state index in [1.165, 1.54) is 11.8 Å². The average Bonchev–Trinajstić information content (AvgIpc) is 2.38. The highest BCUT2D eigenvalue weighted by Crippen LogP contribution is 2.28. The lowest BCUT2D eigenvalue weighted by atomic mass is 10.4. The van der Waals surface area contributed by atoms with Gasteiger partial charge in [-0.1, -0.05) is 22.0 Å². The molecule has 0 bridgehead atoms. The minimum Gasteiger partial charge on any atom is -0.354 e. The van der Waals surface area contributed by atoms with Crippen LogP contribution in [-0.4, -0.2) is 35.6 Å². The van der Waals surface area contributed by atoms with E-state index in [0.717, 1.165) is 15.9 Å². The Morgan fingerprint density at radius 3 is 2.70 bits per heavy atom. The molecule has 0 unspecified atom stereocenters. The van der Waals surface area contributed by atoms with E-state index >= 15 is 0 Å². The highest BCUT2D eigenvalue weighted by atomic mass is 79.9. The summed E-state index contributed by atoms with van der Waals surface area (Å²) in [6.07, 6.45) is 0. The average molecular weight is 354 g/mol. The molecule has 5 nitrogen and oxygen atoms in total. The number of hydrogen-bond donors (Lipinski definition) is 1. The van der Waals surface area contributed by atoms with Crippen molar-refractivity contribution < 1.29 is 0 Å². The second kappa shape index (κ2) is 6.90. The lowest BCUT2D eigenvalue weighted by molar-refractivity contribution is 0.864. The fourth-order valence-electron chi connectivity index (χ4n) is 1.46. The normalized spacial score (nSPS) is 10.4. The molecule has 0 spiro atoms. The van der Waals surface area contributed by atoms with Crippen molar-refractivity contribution in [3.8, 4) is 0 Å². The largest absolute Gasteiger partial charge is 0.354 e. The van der Waals surface area contributed by atoms with E-state index in [4.69, 9.17) is 0 Å². The second-order valence-electron chi connectivity index (χ2n) is 4.23. The summed E-state index contributed by atoms with van der Waals surface area (Å²) in [5, 5.41) is 3.81. The molecule has 0 radical (unpaired) electrons. The van der Waals surface area contributed by atoms with Gasteiger partial charge in [0.25, 0.3) is 0 Å². The van der Waals surface area contributed by atoms with Gasteiger partial charge in [-0.3, -0.25) is 0 Å². The highest BCUT2D eigenvalue weighted by Gasteiger charge is 2.09. The minimum atomic E-state index is 0.601. The molecule has 7 heteroatoms. The van der Waals surface area contributed by atoms with Crippen LogP contribution < -0.4 is 10.2 Å². The maximum atomic E-state index is 4.45. The third-order valence-corrected chi connectivity index (χ3v) is 3.69. The monoisotopic (exact) mass is 353 g/mol. The molecule has 2 rings (SSSR count). The van der Waals surface area contributed by atoms with Crippen molar-refractivity contribution in [1.82, 2.24) is 15.0 Å². The molecule has 0 saturated heterocycles. The maximum absolute atomic E-state index is 4.45. The van der Waals surface area contributed by atoms with Crippen LogP contribution in [0.4, 0.5) is 11.9 Å². The van der Waals surface area contributed by atoms with E-state index in [1.807, 2.05) is 50.2 Å². The Balaban J connectivity index is 2.30. The van der Waals surface area contributed by atoms with E-state index in [0.29, 0.717) is 17.1 Å². The molecule has 0 fully saturated rings. The van der Waals surface area contributed by atoms with Gasteiger partial charge in [0.05, 0.1) is 0 Å². The Labute approximate surface area is 131 Å². The molecule has 106 valence electrons. The van der Waals surface area contributed by atoms with E-state index in [2.05, 4.69) is 36.2 Å². The molecule has 1 aromatic heterocycles. The van der Waals surface area contributed by atoms with E-state index in [1.54, 1.807) is 0 Å². The first-order valence-corrected chi connectivity index (χ1v) is 7.80. The summed E-state index contributed by atoms with van der Waals surface area (Å²) in [6, 6.07) is 8.05. The number of anilines is 2. The number of aromatic nitrogens is 3. The number of hydrogen-bond acceptors (Lipinski definition) is 6. The van der Waals surface area contributed by atoms with Gasteiger partial charge in [-0.15, -0.1) is 0 Å². The minimum absolute atomic E-state index is 0.601. The molecule has 0 aliphatic heterocycles. The van der Waals surface area contributed by atoms with Gasteiger partial charge < -0.3 is 10.2 Å². The fourth-order valence-corrected chi connectivity index (χ4v) is 2.82. The van der Waals surface area contributed by atoms with Gasteiger partial charge in [0.2, 0.25) is 11.9 Å². The fraction of sp³-hybridized carbons (Fsp3) is 0.308. The number of halogens is 1. The number of rotatable bonds is 5. The molecule has 0 saturated carbocycles. The Kier molecular flexibility index (Phi) is 5.19. The van der Waals surface area contributed by atoms with Crippen molar-refractivity contribution >= 4 is 39.6 Å². The third-order valence-electron chi connectivity index (χ3n) is 2.34. The van der Waals surface area contributed by atoms with Crippen LogP contribution in [0.1, 0.15) is 6.92 Å². The van der Waals surface area contributed by atoms with Gasteiger partial charge in [-0.25, -0.2) is 0 Å². The molecular formula is C13H16BrN5S. The van der Waals surface area contributed by atoms with Crippen LogP contribution in [0.15, 0.2) is 38.8 Å². The van der Waals surface area contributed by atoms with Crippen LogP contribution in [-0.2, 0) is 0 Å². The van der Waals surface area contributed by atoms with Gasteiger partial charge in [0.1, 0.15) is 0 Å². The Morgan fingerprint density at radius 1 is 1.25 bits per heavy atom. The Hall–Kier alpha value is -1.34. The molecular weight excluding hydrogens is 338 g/mol. The summed E-state index contributed by atoms with van der Waals surface area (Å²) in [7, 11) is 3.83. The predicted molar refractivity (Wildman–Crippen MR) is 86.6 cm³/mol. The van der Waals surface area contributed by atoms with Crippen LogP contribution in [0.5, 0.6) is 0 Å². The molecule has 0 atom stereocenters. The summed E-state index contributed by atoms with van der Waals surface area (Å²) < 4.78 is 1.04. The maximum Gasteiger partial charge on any atom is 0.230 e. The van der Waals surface area contributed by atoms with Crippen molar-refractivity contribution in [2.45, 2.75) is 17.0 Å². The van der Waals surface area contributed by atoms with Crippen molar-refractivity contribution in [3.05, 3.63) is 28.7 Å². The Morgan fingerprint density at radius 2 is 2.05 bits per heavy atom. The quantitative estimate of drug-likeness (QED) is 0.889. The SMILES string of the molecule is CCNc1nc(Sc2cccc(Br)c2)nc(N(C)C)n1. The molecule has 20 heavy (non-hydrogen) atoms. The summed E-state index contributed by atoms with van der Waals surface area (Å²) in [6.45, 7) is 2.79. The third kappa shape index (κ3) is 4.08. The number of nitrogens with one attached hydrogen (secondary N) is 1. The first-order valence-electron chi connectivity index (χ1n) is 6.19. The van der Waals surface area contributed by atoms with Crippen molar-refractivity contribution in [3.63, 3.8) is 0 Å². The van der Waals surface area contributed by atoms with Crippen molar-refractivity contribution in [2.24, 2.45) is 0 Å². The van der Waals surface area contributed by atoms with E-state index in [9.17, 15) is 0 Å². The van der Waals surface area contributed by atoms with E-state index in [-0.39, 0.29) is 0 Å². The van der Waals surface area contributed by atoms with Gasteiger partial charge in [-0.05, 0) is 36.9 Å². The van der Waals surface area contributed by atoms with E-state index < -0.39 is 0 Å². The van der Waals surface area contributed by atoms with Crippen LogP contribution >= 0.6 is 27.7 Å². The first kappa shape index (κ1) is 15.1. The van der Waals surface area contributed by atoms with Crippen LogP contribution in [0, 0.1) is 0 Å². The number of nitrogens with zero attached hydrogens (tertiary/aromatic N) is 4. The summed E-state index contributed by atoms with van der Waals surface area (Å²) >= 11 is 4.98. The summed E-state index contributed by atoms with van der Waals surface area (Å²) in [4.78, 5) is 16.2. The lowest BCUT2D eigenvalue weighted by Gasteiger charge is -2.12. The zero-order valence-corrected chi connectivity index (χ0v) is 14.0. The summed E-state index contributed by atoms with van der Waals surface area (Å²) in [5.74, 6) is 1.25. The second-order valence-corrected chi connectivity index (χ2v) is 6.18. The van der Waals surface area contributed by atoms with Crippen LogP contribution in [0.25, 0.3) is 0 Å². The first-order chi connectivity index (χ1) is 9.58. The van der Waals surface area contributed by atoms with Crippen LogP contribution in [0.2, 0.25) is 0 Å². The summed E-state index contributed by atoms with van der Waals surface area (Å²) in [5.41, 5.74) is 0. The molecule has 0 aliphatic carbocycles. The Bertz CT molecular complexity index is 591. The zero-order valence-electron chi connectivity index (χ0n) is 11.6. The molecule has 1 heterocycles.